The first-order valence-electron chi connectivity index (χ1n) is 10.9. The van der Waals surface area contributed by atoms with E-state index in [0.29, 0.717) is 18.4 Å². The topological polar surface area (TPSA) is 75.5 Å². The number of carbonyl (C=O) groups excluding carboxylic acids is 1. The van der Waals surface area contributed by atoms with Crippen LogP contribution >= 0.6 is 0 Å². The number of likely N-dealkylation sites (tertiary alicyclic amines) is 1. The van der Waals surface area contributed by atoms with E-state index in [0.717, 1.165) is 30.7 Å². The lowest BCUT2D eigenvalue weighted by molar-refractivity contribution is -0.132. The van der Waals surface area contributed by atoms with Crippen LogP contribution in [0.2, 0.25) is 0 Å². The second-order valence-electron chi connectivity index (χ2n) is 8.63. The quantitative estimate of drug-likeness (QED) is 0.572. The van der Waals surface area contributed by atoms with Gasteiger partial charge in [-0.3, -0.25) is 4.79 Å². The average Bonchev–Trinajstić information content (AvgIpc) is 3.37. The molecule has 0 spiro atoms. The maximum Gasteiger partial charge on any atom is 0.242 e. The molecule has 1 atom stereocenters. The Labute approximate surface area is 189 Å². The van der Waals surface area contributed by atoms with Crippen LogP contribution in [0.15, 0.2) is 47.4 Å². The molecule has 4 rings (SSSR count). The molecule has 7 nitrogen and oxygen atoms in total. The van der Waals surface area contributed by atoms with Crippen molar-refractivity contribution in [1.29, 1.82) is 0 Å². The first-order chi connectivity index (χ1) is 15.2. The molecule has 1 aliphatic heterocycles. The fraction of sp³-hybridized carbons (Fsp3) is 0.417. The monoisotopic (exact) mass is 454 g/mol. The summed E-state index contributed by atoms with van der Waals surface area (Å²) in [5.41, 5.74) is 3.92. The van der Waals surface area contributed by atoms with Crippen molar-refractivity contribution in [2.45, 2.75) is 43.5 Å². The number of carbonyl (C=O) groups is 1. The van der Waals surface area contributed by atoms with Crippen LogP contribution in [-0.2, 0) is 28.3 Å². The highest BCUT2D eigenvalue weighted by Crippen LogP contribution is 2.34. The number of rotatable bonds is 6. The molecule has 2 heterocycles. The summed E-state index contributed by atoms with van der Waals surface area (Å²) in [6.45, 7) is 2.88. The number of benzene rings is 2. The minimum atomic E-state index is -3.52. The lowest BCUT2D eigenvalue weighted by Gasteiger charge is -2.26. The minimum absolute atomic E-state index is 0.138. The van der Waals surface area contributed by atoms with Crippen LogP contribution in [0.5, 0.6) is 0 Å². The number of hydrogen-bond donors (Lipinski definition) is 0. The summed E-state index contributed by atoms with van der Waals surface area (Å²) < 4.78 is 28.0. The van der Waals surface area contributed by atoms with Crippen LogP contribution in [0.3, 0.4) is 0 Å². The summed E-state index contributed by atoms with van der Waals surface area (Å²) in [6, 6.07) is 13.4. The Balaban J connectivity index is 1.52. The van der Waals surface area contributed by atoms with Crippen molar-refractivity contribution in [3.05, 3.63) is 59.4 Å². The predicted octanol–water partition coefficient (Wildman–Crippen LogP) is 3.43. The van der Waals surface area contributed by atoms with E-state index in [1.165, 1.54) is 29.5 Å². The molecule has 1 unspecified atom stereocenters. The number of hydrogen-bond acceptors (Lipinski definition) is 4. The van der Waals surface area contributed by atoms with Crippen molar-refractivity contribution in [2.75, 3.05) is 20.6 Å². The molecule has 2 aromatic carbocycles. The Morgan fingerprint density at radius 1 is 1.19 bits per heavy atom. The SMILES string of the molecule is Cc1ccccc1C1CCCN1C(=O)CCc1nc2cc(S(=O)(=O)N(C)C)ccc2n1C. The third-order valence-electron chi connectivity index (χ3n) is 6.41. The molecule has 32 heavy (non-hydrogen) atoms. The Bertz CT molecular complexity index is 1260. The van der Waals surface area contributed by atoms with Crippen molar-refractivity contribution in [1.82, 2.24) is 18.8 Å². The standard InChI is InChI=1S/C24H30N4O3S/c1-17-8-5-6-9-19(17)21-10-7-15-28(21)24(29)14-13-23-25-20-16-18(32(30,31)26(2)3)11-12-22(20)27(23)4/h5-6,8-9,11-12,16,21H,7,10,13-15H2,1-4H3. The normalized spacial score (nSPS) is 16.9. The largest absolute Gasteiger partial charge is 0.336 e. The van der Waals surface area contributed by atoms with Crippen LogP contribution < -0.4 is 0 Å². The molecule has 0 radical (unpaired) electrons. The van der Waals surface area contributed by atoms with E-state index in [1.54, 1.807) is 18.2 Å². The van der Waals surface area contributed by atoms with Crippen LogP contribution in [0.1, 0.15) is 42.3 Å². The van der Waals surface area contributed by atoms with Gasteiger partial charge in [0.1, 0.15) is 5.82 Å². The first-order valence-corrected chi connectivity index (χ1v) is 12.4. The Morgan fingerprint density at radius 2 is 1.94 bits per heavy atom. The van der Waals surface area contributed by atoms with E-state index in [2.05, 4.69) is 24.0 Å². The van der Waals surface area contributed by atoms with Crippen LogP contribution in [0.4, 0.5) is 0 Å². The predicted molar refractivity (Wildman–Crippen MR) is 125 cm³/mol. The molecule has 170 valence electrons. The van der Waals surface area contributed by atoms with Gasteiger partial charge in [0.2, 0.25) is 15.9 Å². The van der Waals surface area contributed by atoms with Gasteiger partial charge in [-0.2, -0.15) is 0 Å². The van der Waals surface area contributed by atoms with Crippen molar-refractivity contribution >= 4 is 27.0 Å². The fourth-order valence-corrected chi connectivity index (χ4v) is 5.46. The molecule has 3 aromatic rings. The molecule has 1 amide bonds. The second kappa shape index (κ2) is 8.67. The van der Waals surface area contributed by atoms with E-state index in [1.807, 2.05) is 28.6 Å². The minimum Gasteiger partial charge on any atom is -0.336 e. The van der Waals surface area contributed by atoms with E-state index < -0.39 is 10.0 Å². The maximum absolute atomic E-state index is 13.1. The number of fused-ring (bicyclic) bond motifs is 1. The van der Waals surface area contributed by atoms with Crippen molar-refractivity contribution in [3.63, 3.8) is 0 Å². The highest BCUT2D eigenvalue weighted by atomic mass is 32.2. The highest BCUT2D eigenvalue weighted by molar-refractivity contribution is 7.89. The number of sulfonamides is 1. The van der Waals surface area contributed by atoms with E-state index in [4.69, 9.17) is 0 Å². The van der Waals surface area contributed by atoms with Gasteiger partial charge in [-0.15, -0.1) is 0 Å². The van der Waals surface area contributed by atoms with E-state index >= 15 is 0 Å². The third-order valence-corrected chi connectivity index (χ3v) is 8.22. The number of aromatic nitrogens is 2. The smallest absolute Gasteiger partial charge is 0.242 e. The zero-order valence-electron chi connectivity index (χ0n) is 19.1. The Hall–Kier alpha value is -2.71. The lowest BCUT2D eigenvalue weighted by atomic mass is 9.99. The van der Waals surface area contributed by atoms with E-state index in [9.17, 15) is 13.2 Å². The molecule has 1 aliphatic rings. The molecular formula is C24H30N4O3S. The summed E-state index contributed by atoms with van der Waals surface area (Å²) in [5, 5.41) is 0. The number of aryl methyl sites for hydroxylation is 3. The molecular weight excluding hydrogens is 424 g/mol. The molecule has 1 aromatic heterocycles. The average molecular weight is 455 g/mol. The van der Waals surface area contributed by atoms with Gasteiger partial charge in [0.05, 0.1) is 22.0 Å². The molecule has 0 aliphatic carbocycles. The molecule has 1 saturated heterocycles. The van der Waals surface area contributed by atoms with Crippen molar-refractivity contribution in [2.24, 2.45) is 7.05 Å². The Morgan fingerprint density at radius 3 is 2.66 bits per heavy atom. The van der Waals surface area contributed by atoms with Gasteiger partial charge in [-0.1, -0.05) is 24.3 Å². The Kier molecular flexibility index (Phi) is 6.09. The molecule has 0 N–H and O–H groups in total. The number of nitrogens with zero attached hydrogens (tertiary/aromatic N) is 4. The van der Waals surface area contributed by atoms with Crippen LogP contribution in [-0.4, -0.2) is 53.7 Å². The molecule has 8 heteroatoms. The third kappa shape index (κ3) is 4.04. The van der Waals surface area contributed by atoms with Crippen LogP contribution in [0.25, 0.3) is 11.0 Å². The zero-order valence-corrected chi connectivity index (χ0v) is 19.9. The van der Waals surface area contributed by atoms with E-state index in [-0.39, 0.29) is 16.8 Å². The van der Waals surface area contributed by atoms with Gasteiger partial charge >= 0.3 is 0 Å². The number of amides is 1. The molecule has 1 fully saturated rings. The zero-order chi connectivity index (χ0) is 23.0. The summed E-state index contributed by atoms with van der Waals surface area (Å²) in [5.74, 6) is 0.915. The summed E-state index contributed by atoms with van der Waals surface area (Å²) in [4.78, 5) is 20.0. The summed E-state index contributed by atoms with van der Waals surface area (Å²) in [7, 11) is 1.41. The second-order valence-corrected chi connectivity index (χ2v) is 10.8. The summed E-state index contributed by atoms with van der Waals surface area (Å²) >= 11 is 0. The van der Waals surface area contributed by atoms with Gasteiger partial charge in [0.25, 0.3) is 0 Å². The van der Waals surface area contributed by atoms with Gasteiger partial charge < -0.3 is 9.47 Å². The van der Waals surface area contributed by atoms with Crippen molar-refractivity contribution in [3.8, 4) is 0 Å². The molecule has 0 bridgehead atoms. The summed E-state index contributed by atoms with van der Waals surface area (Å²) in [6.07, 6.45) is 2.89. The van der Waals surface area contributed by atoms with Gasteiger partial charge in [0, 0.05) is 40.5 Å². The van der Waals surface area contributed by atoms with Gasteiger partial charge in [-0.05, 0) is 49.1 Å². The van der Waals surface area contributed by atoms with Gasteiger partial charge in [-0.25, -0.2) is 17.7 Å². The van der Waals surface area contributed by atoms with Crippen molar-refractivity contribution < 1.29 is 13.2 Å². The first kappa shape index (κ1) is 22.5. The fourth-order valence-electron chi connectivity index (χ4n) is 4.54. The van der Waals surface area contributed by atoms with Crippen LogP contribution in [0, 0.1) is 6.92 Å². The number of imidazole rings is 1. The highest BCUT2D eigenvalue weighted by Gasteiger charge is 2.30. The molecule has 0 saturated carbocycles. The maximum atomic E-state index is 13.1. The lowest BCUT2D eigenvalue weighted by Crippen LogP contribution is -2.31. The van der Waals surface area contributed by atoms with Gasteiger partial charge in [0.15, 0.2) is 0 Å².